The van der Waals surface area contributed by atoms with Gasteiger partial charge in [0, 0.05) is 0 Å². The summed E-state index contributed by atoms with van der Waals surface area (Å²) in [7, 11) is 0. The second-order valence-electron chi connectivity index (χ2n) is 6.41. The largest absolute Gasteiger partial charge is 0.376 e. The number of nitrogens with two attached hydrogens (primary N) is 1. The average Bonchev–Trinajstić information content (AvgIpc) is 2.45. The summed E-state index contributed by atoms with van der Waals surface area (Å²) in [4.78, 5) is 0. The van der Waals surface area contributed by atoms with Crippen molar-refractivity contribution in [2.45, 2.75) is 44.8 Å². The van der Waals surface area contributed by atoms with Crippen LogP contribution in [-0.4, -0.2) is 32.0 Å². The molecule has 1 heterocycles. The van der Waals surface area contributed by atoms with Crippen molar-refractivity contribution in [1.29, 1.82) is 0 Å². The maximum atomic E-state index is 5.71. The first-order chi connectivity index (χ1) is 9.50. The molecule has 1 aromatic rings. The third-order valence-corrected chi connectivity index (χ3v) is 3.78. The Balaban J connectivity index is 2.00. The smallest absolute Gasteiger partial charge is 0.0978 e. The van der Waals surface area contributed by atoms with Gasteiger partial charge in [-0.3, -0.25) is 11.3 Å². The van der Waals surface area contributed by atoms with E-state index in [4.69, 9.17) is 15.3 Å². The van der Waals surface area contributed by atoms with Gasteiger partial charge in [0.25, 0.3) is 0 Å². The van der Waals surface area contributed by atoms with Crippen molar-refractivity contribution in [1.82, 2.24) is 5.43 Å². The summed E-state index contributed by atoms with van der Waals surface area (Å²) < 4.78 is 11.2. The molecule has 0 saturated carbocycles. The summed E-state index contributed by atoms with van der Waals surface area (Å²) in [6.45, 7) is 8.59. The quantitative estimate of drug-likeness (QED) is 0.651. The van der Waals surface area contributed by atoms with Gasteiger partial charge in [0.2, 0.25) is 0 Å². The minimum absolute atomic E-state index is 0.0241. The normalized spacial score (nSPS) is 21.7. The lowest BCUT2D eigenvalue weighted by molar-refractivity contribution is -0.101. The second-order valence-corrected chi connectivity index (χ2v) is 6.41. The standard InChI is InChI=1S/C16H26N2O2/c1-16(2,3)13-6-4-12(5-7-13)10-14(18-17)15-11-19-8-9-20-15/h4-7,14-15,18H,8-11,17H2,1-3H3. The zero-order chi connectivity index (χ0) is 14.6. The van der Waals surface area contributed by atoms with E-state index in [1.165, 1.54) is 11.1 Å². The molecule has 4 heteroatoms. The number of nitrogens with one attached hydrogen (secondary N) is 1. The van der Waals surface area contributed by atoms with Crippen LogP contribution in [0, 0.1) is 0 Å². The highest BCUT2D eigenvalue weighted by Crippen LogP contribution is 2.22. The Morgan fingerprint density at radius 3 is 2.45 bits per heavy atom. The first-order valence-corrected chi connectivity index (χ1v) is 7.25. The Kier molecular flexibility index (Phi) is 5.16. The summed E-state index contributed by atoms with van der Waals surface area (Å²) in [5.74, 6) is 5.67. The zero-order valence-electron chi connectivity index (χ0n) is 12.7. The predicted molar refractivity (Wildman–Crippen MR) is 80.5 cm³/mol. The summed E-state index contributed by atoms with van der Waals surface area (Å²) in [5.41, 5.74) is 5.65. The number of hydrazine groups is 1. The maximum Gasteiger partial charge on any atom is 0.0978 e. The fourth-order valence-electron chi connectivity index (χ4n) is 2.43. The van der Waals surface area contributed by atoms with Crippen LogP contribution in [0.1, 0.15) is 31.9 Å². The van der Waals surface area contributed by atoms with Crippen molar-refractivity contribution in [2.24, 2.45) is 5.84 Å². The van der Waals surface area contributed by atoms with E-state index in [0.29, 0.717) is 19.8 Å². The van der Waals surface area contributed by atoms with Crippen LogP contribution < -0.4 is 11.3 Å². The van der Waals surface area contributed by atoms with Crippen LogP contribution in [0.2, 0.25) is 0 Å². The second kappa shape index (κ2) is 6.68. The molecule has 1 aromatic carbocycles. The molecule has 20 heavy (non-hydrogen) atoms. The number of benzene rings is 1. The van der Waals surface area contributed by atoms with Crippen molar-refractivity contribution in [3.63, 3.8) is 0 Å². The van der Waals surface area contributed by atoms with Gasteiger partial charge in [0.15, 0.2) is 0 Å². The Morgan fingerprint density at radius 2 is 1.95 bits per heavy atom. The molecule has 0 spiro atoms. The summed E-state index contributed by atoms with van der Waals surface area (Å²) in [6.07, 6.45) is 0.866. The molecule has 0 radical (unpaired) electrons. The molecule has 1 aliphatic rings. The van der Waals surface area contributed by atoms with Gasteiger partial charge in [-0.2, -0.15) is 0 Å². The van der Waals surface area contributed by atoms with Crippen molar-refractivity contribution in [3.05, 3.63) is 35.4 Å². The van der Waals surface area contributed by atoms with Crippen LogP contribution in [0.5, 0.6) is 0 Å². The van der Waals surface area contributed by atoms with Gasteiger partial charge in [-0.15, -0.1) is 0 Å². The third kappa shape index (κ3) is 4.03. The molecule has 0 bridgehead atoms. The molecule has 2 rings (SSSR count). The van der Waals surface area contributed by atoms with Crippen molar-refractivity contribution in [3.8, 4) is 0 Å². The zero-order valence-corrected chi connectivity index (χ0v) is 12.7. The molecule has 0 amide bonds. The molecule has 2 unspecified atom stereocenters. The number of hydrogen-bond donors (Lipinski definition) is 2. The lowest BCUT2D eigenvalue weighted by Gasteiger charge is -2.30. The fourth-order valence-corrected chi connectivity index (χ4v) is 2.43. The van der Waals surface area contributed by atoms with Crippen LogP contribution in [0.3, 0.4) is 0 Å². The molecule has 0 aromatic heterocycles. The minimum atomic E-state index is 0.0241. The lowest BCUT2D eigenvalue weighted by Crippen LogP contribution is -2.50. The Morgan fingerprint density at radius 1 is 1.25 bits per heavy atom. The first kappa shape index (κ1) is 15.4. The molecule has 112 valence electrons. The highest BCUT2D eigenvalue weighted by Gasteiger charge is 2.24. The van der Waals surface area contributed by atoms with E-state index >= 15 is 0 Å². The Labute approximate surface area is 121 Å². The van der Waals surface area contributed by atoms with E-state index in [9.17, 15) is 0 Å². The maximum absolute atomic E-state index is 5.71. The molecular weight excluding hydrogens is 252 g/mol. The van der Waals surface area contributed by atoms with E-state index in [-0.39, 0.29) is 17.6 Å². The van der Waals surface area contributed by atoms with Crippen LogP contribution in [0.25, 0.3) is 0 Å². The van der Waals surface area contributed by atoms with E-state index in [2.05, 4.69) is 50.5 Å². The third-order valence-electron chi connectivity index (χ3n) is 3.78. The topological polar surface area (TPSA) is 56.5 Å². The van der Waals surface area contributed by atoms with Crippen LogP contribution in [0.15, 0.2) is 24.3 Å². The molecule has 0 aliphatic carbocycles. The number of rotatable bonds is 4. The molecule has 2 atom stereocenters. The lowest BCUT2D eigenvalue weighted by atomic mass is 9.86. The average molecular weight is 278 g/mol. The highest BCUT2D eigenvalue weighted by molar-refractivity contribution is 5.28. The molecular formula is C16H26N2O2. The first-order valence-electron chi connectivity index (χ1n) is 7.25. The fraction of sp³-hybridized carbons (Fsp3) is 0.625. The van der Waals surface area contributed by atoms with Crippen molar-refractivity contribution in [2.75, 3.05) is 19.8 Å². The van der Waals surface area contributed by atoms with E-state index in [0.717, 1.165) is 6.42 Å². The van der Waals surface area contributed by atoms with Gasteiger partial charge >= 0.3 is 0 Å². The Hall–Kier alpha value is -0.940. The van der Waals surface area contributed by atoms with Crippen molar-refractivity contribution < 1.29 is 9.47 Å². The van der Waals surface area contributed by atoms with Crippen molar-refractivity contribution >= 4 is 0 Å². The summed E-state index contributed by atoms with van der Waals surface area (Å²) in [6, 6.07) is 8.82. The van der Waals surface area contributed by atoms with Gasteiger partial charge < -0.3 is 9.47 Å². The van der Waals surface area contributed by atoms with Gasteiger partial charge in [0.1, 0.15) is 0 Å². The minimum Gasteiger partial charge on any atom is -0.376 e. The van der Waals surface area contributed by atoms with Crippen LogP contribution >= 0.6 is 0 Å². The summed E-state index contributed by atoms with van der Waals surface area (Å²) >= 11 is 0. The van der Waals surface area contributed by atoms with E-state index < -0.39 is 0 Å². The van der Waals surface area contributed by atoms with E-state index in [1.807, 2.05) is 0 Å². The van der Waals surface area contributed by atoms with Crippen LogP contribution in [0.4, 0.5) is 0 Å². The monoisotopic (exact) mass is 278 g/mol. The van der Waals surface area contributed by atoms with E-state index in [1.54, 1.807) is 0 Å². The number of hydrogen-bond acceptors (Lipinski definition) is 4. The molecule has 1 saturated heterocycles. The number of ether oxygens (including phenoxy) is 2. The highest BCUT2D eigenvalue weighted by atomic mass is 16.6. The molecule has 4 nitrogen and oxygen atoms in total. The molecule has 1 aliphatic heterocycles. The predicted octanol–water partition coefficient (Wildman–Crippen LogP) is 1.77. The Bertz CT molecular complexity index is 405. The summed E-state index contributed by atoms with van der Waals surface area (Å²) in [5, 5.41) is 0. The van der Waals surface area contributed by atoms with Gasteiger partial charge in [-0.05, 0) is 23.0 Å². The van der Waals surface area contributed by atoms with Gasteiger partial charge in [-0.1, -0.05) is 45.0 Å². The van der Waals surface area contributed by atoms with Gasteiger partial charge in [0.05, 0.1) is 32.0 Å². The molecule has 3 N–H and O–H groups in total. The SMILES string of the molecule is CC(C)(C)c1ccc(CC(NN)C2COCCO2)cc1. The van der Waals surface area contributed by atoms with Gasteiger partial charge in [-0.25, -0.2) is 0 Å². The molecule has 1 fully saturated rings. The van der Waals surface area contributed by atoms with Crippen LogP contribution in [-0.2, 0) is 21.3 Å².